The lowest BCUT2D eigenvalue weighted by molar-refractivity contribution is -0.117. The van der Waals surface area contributed by atoms with Crippen molar-refractivity contribution in [2.24, 2.45) is 17.6 Å². The molecule has 2 fully saturated rings. The number of carbonyl (C=O) groups excluding carboxylic acids is 1. The van der Waals surface area contributed by atoms with Crippen LogP contribution in [0, 0.1) is 11.8 Å². The summed E-state index contributed by atoms with van der Waals surface area (Å²) >= 11 is 0. The van der Waals surface area contributed by atoms with Crippen molar-refractivity contribution in [2.75, 3.05) is 25.0 Å². The molecule has 0 radical (unpaired) electrons. The van der Waals surface area contributed by atoms with E-state index >= 15 is 0 Å². The molecule has 1 aliphatic carbocycles. The molecule has 2 aliphatic rings. The lowest BCUT2D eigenvalue weighted by Crippen LogP contribution is -2.44. The highest BCUT2D eigenvalue weighted by Crippen LogP contribution is 2.38. The predicted molar refractivity (Wildman–Crippen MR) is 63.4 cm³/mol. The van der Waals surface area contributed by atoms with E-state index in [0.29, 0.717) is 18.5 Å². The first kappa shape index (κ1) is 10.7. The molecule has 2 atom stereocenters. The molecular weight excluding hydrogens is 218 g/mol. The maximum absolute atomic E-state index is 11.9. The standard InChI is InChI=1S/C11H17N5O/c12-4-7-3-9(7)11(17)15-10-1-2-14-16(10)8-5-13-6-8/h1-2,7-9,13H,3-6,12H2,(H,15,17). The number of carbonyl (C=O) groups is 1. The minimum atomic E-state index is 0.0782. The molecule has 2 unspecified atom stereocenters. The molecule has 1 aromatic rings. The molecule has 6 nitrogen and oxygen atoms in total. The van der Waals surface area contributed by atoms with E-state index in [-0.39, 0.29) is 11.8 Å². The summed E-state index contributed by atoms with van der Waals surface area (Å²) < 4.78 is 1.88. The summed E-state index contributed by atoms with van der Waals surface area (Å²) in [6.45, 7) is 2.43. The third kappa shape index (κ3) is 1.94. The van der Waals surface area contributed by atoms with Crippen LogP contribution in [-0.2, 0) is 4.79 Å². The first-order valence-electron chi connectivity index (χ1n) is 6.04. The molecule has 0 bridgehead atoms. The summed E-state index contributed by atoms with van der Waals surface area (Å²) in [5.74, 6) is 1.35. The third-order valence-electron chi connectivity index (χ3n) is 3.59. The molecule has 6 heteroatoms. The van der Waals surface area contributed by atoms with E-state index in [9.17, 15) is 4.79 Å². The van der Waals surface area contributed by atoms with Gasteiger partial charge in [0.25, 0.3) is 0 Å². The quantitative estimate of drug-likeness (QED) is 0.660. The van der Waals surface area contributed by atoms with Gasteiger partial charge in [-0.2, -0.15) is 5.10 Å². The van der Waals surface area contributed by atoms with Crippen molar-refractivity contribution in [2.45, 2.75) is 12.5 Å². The van der Waals surface area contributed by atoms with Crippen molar-refractivity contribution in [1.82, 2.24) is 15.1 Å². The Kier molecular flexibility index (Phi) is 2.60. The van der Waals surface area contributed by atoms with Gasteiger partial charge in [-0.15, -0.1) is 0 Å². The second kappa shape index (κ2) is 4.12. The highest BCUT2D eigenvalue weighted by Gasteiger charge is 2.42. The van der Waals surface area contributed by atoms with Crippen molar-refractivity contribution in [1.29, 1.82) is 0 Å². The number of nitrogens with one attached hydrogen (secondary N) is 2. The minimum absolute atomic E-state index is 0.0782. The number of aromatic nitrogens is 2. The predicted octanol–water partition coefficient (Wildman–Crippen LogP) is -0.439. The highest BCUT2D eigenvalue weighted by molar-refractivity contribution is 5.93. The second-order valence-electron chi connectivity index (χ2n) is 4.80. The van der Waals surface area contributed by atoms with Gasteiger partial charge < -0.3 is 16.4 Å². The fraction of sp³-hybridized carbons (Fsp3) is 0.636. The van der Waals surface area contributed by atoms with Crippen LogP contribution in [0.4, 0.5) is 5.82 Å². The molecule has 2 heterocycles. The van der Waals surface area contributed by atoms with E-state index in [4.69, 9.17) is 5.73 Å². The summed E-state index contributed by atoms with van der Waals surface area (Å²) in [7, 11) is 0. The van der Waals surface area contributed by atoms with Crippen LogP contribution in [0.15, 0.2) is 12.3 Å². The van der Waals surface area contributed by atoms with Crippen LogP contribution in [0.2, 0.25) is 0 Å². The zero-order valence-electron chi connectivity index (χ0n) is 9.60. The molecule has 1 saturated carbocycles. The Morgan fingerprint density at radius 1 is 1.65 bits per heavy atom. The van der Waals surface area contributed by atoms with Crippen LogP contribution >= 0.6 is 0 Å². The van der Waals surface area contributed by atoms with Crippen LogP contribution in [0.1, 0.15) is 12.5 Å². The van der Waals surface area contributed by atoms with E-state index < -0.39 is 0 Å². The first-order chi connectivity index (χ1) is 8.29. The summed E-state index contributed by atoms with van der Waals surface area (Å²) in [6.07, 6.45) is 2.64. The van der Waals surface area contributed by atoms with Gasteiger partial charge in [0.1, 0.15) is 5.82 Å². The lowest BCUT2D eigenvalue weighted by atomic mass is 10.2. The molecule has 3 rings (SSSR count). The number of amides is 1. The van der Waals surface area contributed by atoms with Crippen molar-refractivity contribution in [3.05, 3.63) is 12.3 Å². The molecule has 4 N–H and O–H groups in total. The van der Waals surface area contributed by atoms with E-state index in [0.717, 1.165) is 25.3 Å². The SMILES string of the molecule is NCC1CC1C(=O)Nc1ccnn1C1CNC1. The number of hydrogen-bond acceptors (Lipinski definition) is 4. The smallest absolute Gasteiger partial charge is 0.228 e. The maximum Gasteiger partial charge on any atom is 0.228 e. The van der Waals surface area contributed by atoms with Gasteiger partial charge in [0, 0.05) is 25.1 Å². The number of anilines is 1. The van der Waals surface area contributed by atoms with Crippen LogP contribution in [0.5, 0.6) is 0 Å². The molecule has 0 aromatic carbocycles. The fourth-order valence-electron chi connectivity index (χ4n) is 2.20. The zero-order valence-corrected chi connectivity index (χ0v) is 9.60. The fourth-order valence-corrected chi connectivity index (χ4v) is 2.20. The highest BCUT2D eigenvalue weighted by atomic mass is 16.2. The van der Waals surface area contributed by atoms with Gasteiger partial charge in [0.2, 0.25) is 5.91 Å². The normalized spacial score (nSPS) is 27.6. The Morgan fingerprint density at radius 2 is 2.47 bits per heavy atom. The minimum Gasteiger partial charge on any atom is -0.330 e. The molecule has 1 saturated heterocycles. The largest absolute Gasteiger partial charge is 0.330 e. The van der Waals surface area contributed by atoms with Crippen LogP contribution in [0.25, 0.3) is 0 Å². The Hall–Kier alpha value is -1.40. The molecule has 1 aliphatic heterocycles. The number of nitrogens with two attached hydrogens (primary N) is 1. The van der Waals surface area contributed by atoms with Gasteiger partial charge >= 0.3 is 0 Å². The van der Waals surface area contributed by atoms with E-state index in [1.807, 2.05) is 10.7 Å². The zero-order chi connectivity index (χ0) is 11.8. The van der Waals surface area contributed by atoms with Gasteiger partial charge in [-0.05, 0) is 18.9 Å². The Balaban J connectivity index is 1.64. The molecule has 92 valence electrons. The Bertz CT molecular complexity index is 425. The van der Waals surface area contributed by atoms with E-state index in [2.05, 4.69) is 15.7 Å². The monoisotopic (exact) mass is 235 g/mol. The summed E-state index contributed by atoms with van der Waals surface area (Å²) in [5.41, 5.74) is 5.54. The average Bonchev–Trinajstić information content (AvgIpc) is 2.93. The van der Waals surface area contributed by atoms with Crippen molar-refractivity contribution in [3.8, 4) is 0 Å². The van der Waals surface area contributed by atoms with Gasteiger partial charge in [0.05, 0.1) is 12.2 Å². The topological polar surface area (TPSA) is 85.0 Å². The molecule has 1 aromatic heterocycles. The Morgan fingerprint density at radius 3 is 3.06 bits per heavy atom. The third-order valence-corrected chi connectivity index (χ3v) is 3.59. The number of hydrogen-bond donors (Lipinski definition) is 3. The summed E-state index contributed by atoms with van der Waals surface area (Å²) in [4.78, 5) is 11.9. The van der Waals surface area contributed by atoms with Crippen LogP contribution in [0.3, 0.4) is 0 Å². The molecule has 0 spiro atoms. The van der Waals surface area contributed by atoms with Crippen molar-refractivity contribution >= 4 is 11.7 Å². The van der Waals surface area contributed by atoms with Gasteiger partial charge in [0.15, 0.2) is 0 Å². The van der Waals surface area contributed by atoms with Gasteiger partial charge in [-0.1, -0.05) is 0 Å². The number of rotatable bonds is 4. The molecule has 17 heavy (non-hydrogen) atoms. The lowest BCUT2D eigenvalue weighted by Gasteiger charge is -2.28. The Labute approximate surface area is 99.5 Å². The molecule has 1 amide bonds. The number of nitrogens with zero attached hydrogens (tertiary/aromatic N) is 2. The van der Waals surface area contributed by atoms with Crippen LogP contribution < -0.4 is 16.4 Å². The van der Waals surface area contributed by atoms with Gasteiger partial charge in [-0.25, -0.2) is 4.68 Å². The summed E-state index contributed by atoms with van der Waals surface area (Å²) in [5, 5.41) is 10.4. The maximum atomic E-state index is 11.9. The van der Waals surface area contributed by atoms with E-state index in [1.54, 1.807) is 6.20 Å². The second-order valence-corrected chi connectivity index (χ2v) is 4.80. The average molecular weight is 235 g/mol. The molecular formula is C11H17N5O. The van der Waals surface area contributed by atoms with Crippen molar-refractivity contribution in [3.63, 3.8) is 0 Å². The van der Waals surface area contributed by atoms with Gasteiger partial charge in [-0.3, -0.25) is 4.79 Å². The van der Waals surface area contributed by atoms with E-state index in [1.165, 1.54) is 0 Å². The summed E-state index contributed by atoms with van der Waals surface area (Å²) in [6, 6.07) is 2.21. The van der Waals surface area contributed by atoms with Crippen molar-refractivity contribution < 1.29 is 4.79 Å². The first-order valence-corrected chi connectivity index (χ1v) is 6.04. The van der Waals surface area contributed by atoms with Crippen LogP contribution in [-0.4, -0.2) is 35.3 Å².